The molecule has 0 aliphatic rings. The smallest absolute Gasteiger partial charge is 0.266 e. The predicted molar refractivity (Wildman–Crippen MR) is 101 cm³/mol. The predicted octanol–water partition coefficient (Wildman–Crippen LogP) is 2.59. The van der Waals surface area contributed by atoms with E-state index in [0.717, 1.165) is 5.56 Å². The standard InChI is InChI=1S/C19H14ClNO3S/c1-24-15-8-4-13(5-9-15)16(22)11-18-21-19(23)17(25-18)10-12-2-6-14(20)7-3-12/h2-11H,1H3,(H,21,23). The zero-order chi connectivity index (χ0) is 17.8. The zero-order valence-corrected chi connectivity index (χ0v) is 14.9. The Balaban J connectivity index is 1.93. The number of hydrogen-bond donors (Lipinski definition) is 1. The van der Waals surface area contributed by atoms with Crippen molar-refractivity contribution in [2.75, 3.05) is 7.11 Å². The Labute approximate surface area is 152 Å². The topological polar surface area (TPSA) is 59.2 Å². The molecule has 0 saturated heterocycles. The third-order valence-corrected chi connectivity index (χ3v) is 4.70. The normalized spacial score (nSPS) is 12.4. The van der Waals surface area contributed by atoms with E-state index in [1.807, 2.05) is 12.1 Å². The highest BCUT2D eigenvalue weighted by Crippen LogP contribution is 2.12. The summed E-state index contributed by atoms with van der Waals surface area (Å²) in [6, 6.07) is 14.0. The van der Waals surface area contributed by atoms with Gasteiger partial charge in [-0.05, 0) is 48.0 Å². The highest BCUT2D eigenvalue weighted by Gasteiger charge is 2.04. The van der Waals surface area contributed by atoms with Crippen LogP contribution in [0.15, 0.2) is 53.3 Å². The maximum atomic E-state index is 12.3. The van der Waals surface area contributed by atoms with Crippen molar-refractivity contribution in [1.29, 1.82) is 0 Å². The Morgan fingerprint density at radius 2 is 1.80 bits per heavy atom. The number of thiazole rings is 1. The number of H-pyrrole nitrogens is 1. The first-order valence-corrected chi connectivity index (χ1v) is 8.61. The molecule has 1 heterocycles. The molecular formula is C19H14ClNO3S. The highest BCUT2D eigenvalue weighted by molar-refractivity contribution is 7.07. The molecule has 1 aromatic heterocycles. The van der Waals surface area contributed by atoms with Crippen LogP contribution in [0.5, 0.6) is 5.75 Å². The van der Waals surface area contributed by atoms with Crippen LogP contribution in [0.25, 0.3) is 12.2 Å². The van der Waals surface area contributed by atoms with Crippen molar-refractivity contribution in [2.45, 2.75) is 0 Å². The van der Waals surface area contributed by atoms with Crippen LogP contribution in [0.2, 0.25) is 5.02 Å². The first-order chi connectivity index (χ1) is 12.0. The van der Waals surface area contributed by atoms with Crippen LogP contribution in [-0.2, 0) is 0 Å². The average Bonchev–Trinajstić information content (AvgIpc) is 2.96. The van der Waals surface area contributed by atoms with Crippen LogP contribution in [0.1, 0.15) is 15.9 Å². The summed E-state index contributed by atoms with van der Waals surface area (Å²) in [5.41, 5.74) is 1.16. The van der Waals surface area contributed by atoms with Gasteiger partial charge in [-0.25, -0.2) is 0 Å². The van der Waals surface area contributed by atoms with Crippen LogP contribution < -0.4 is 19.5 Å². The van der Waals surface area contributed by atoms with E-state index in [0.29, 0.717) is 25.5 Å². The van der Waals surface area contributed by atoms with E-state index in [2.05, 4.69) is 4.98 Å². The van der Waals surface area contributed by atoms with Crippen molar-refractivity contribution in [3.63, 3.8) is 0 Å². The van der Waals surface area contributed by atoms with Crippen molar-refractivity contribution >= 4 is 40.9 Å². The summed E-state index contributed by atoms with van der Waals surface area (Å²) >= 11 is 7.09. The Bertz CT molecular complexity index is 1060. The molecule has 0 radical (unpaired) electrons. The first-order valence-electron chi connectivity index (χ1n) is 7.42. The molecule has 0 spiro atoms. The second-order valence-electron chi connectivity index (χ2n) is 5.22. The maximum Gasteiger partial charge on any atom is 0.266 e. The van der Waals surface area contributed by atoms with E-state index in [9.17, 15) is 9.59 Å². The number of hydrogen-bond acceptors (Lipinski definition) is 4. The number of aromatic nitrogens is 1. The van der Waals surface area contributed by atoms with E-state index in [1.165, 1.54) is 17.4 Å². The van der Waals surface area contributed by atoms with E-state index < -0.39 is 0 Å². The number of nitrogens with one attached hydrogen (secondary N) is 1. The third-order valence-electron chi connectivity index (χ3n) is 3.48. The van der Waals surface area contributed by atoms with Gasteiger partial charge in [-0.2, -0.15) is 0 Å². The molecule has 0 saturated carbocycles. The molecular weight excluding hydrogens is 358 g/mol. The molecule has 126 valence electrons. The lowest BCUT2D eigenvalue weighted by atomic mass is 10.1. The van der Waals surface area contributed by atoms with E-state index in [1.54, 1.807) is 49.6 Å². The molecule has 25 heavy (non-hydrogen) atoms. The first kappa shape index (κ1) is 17.2. The van der Waals surface area contributed by atoms with Crippen LogP contribution >= 0.6 is 22.9 Å². The number of carbonyl (C=O) groups is 1. The number of ketones is 1. The van der Waals surface area contributed by atoms with Crippen molar-refractivity contribution in [1.82, 2.24) is 4.98 Å². The minimum absolute atomic E-state index is 0.182. The lowest BCUT2D eigenvalue weighted by Crippen LogP contribution is -2.19. The Hall–Kier alpha value is -2.63. The van der Waals surface area contributed by atoms with E-state index in [4.69, 9.17) is 16.3 Å². The molecule has 6 heteroatoms. The van der Waals surface area contributed by atoms with Gasteiger partial charge in [0.2, 0.25) is 0 Å². The molecule has 0 bridgehead atoms. The molecule has 0 unspecified atom stereocenters. The molecule has 0 aliphatic heterocycles. The molecule has 1 N–H and O–H groups in total. The van der Waals surface area contributed by atoms with E-state index >= 15 is 0 Å². The van der Waals surface area contributed by atoms with Gasteiger partial charge in [-0.1, -0.05) is 23.7 Å². The number of aromatic amines is 1. The number of halogens is 1. The summed E-state index contributed by atoms with van der Waals surface area (Å²) in [5.74, 6) is 0.499. The van der Waals surface area contributed by atoms with Gasteiger partial charge in [0.1, 0.15) is 5.75 Å². The van der Waals surface area contributed by atoms with Gasteiger partial charge in [-0.3, -0.25) is 9.59 Å². The van der Waals surface area contributed by atoms with Crippen LogP contribution in [0.4, 0.5) is 0 Å². The zero-order valence-electron chi connectivity index (χ0n) is 13.3. The summed E-state index contributed by atoms with van der Waals surface area (Å²) in [6.07, 6.45) is 3.18. The third kappa shape index (κ3) is 4.26. The molecule has 4 nitrogen and oxygen atoms in total. The van der Waals surface area contributed by atoms with Crippen molar-refractivity contribution < 1.29 is 9.53 Å². The van der Waals surface area contributed by atoms with Gasteiger partial charge in [0.25, 0.3) is 5.56 Å². The summed E-state index contributed by atoms with van der Waals surface area (Å²) in [4.78, 5) is 27.1. The summed E-state index contributed by atoms with van der Waals surface area (Å²) < 4.78 is 6.10. The van der Waals surface area contributed by atoms with Crippen LogP contribution in [0, 0.1) is 0 Å². The number of benzene rings is 2. The van der Waals surface area contributed by atoms with Gasteiger partial charge >= 0.3 is 0 Å². The number of ether oxygens (including phenoxy) is 1. The van der Waals surface area contributed by atoms with Crippen molar-refractivity contribution in [3.8, 4) is 5.75 Å². The fraction of sp³-hybridized carbons (Fsp3) is 0.0526. The minimum Gasteiger partial charge on any atom is -0.497 e. The SMILES string of the molecule is COc1ccc(C(=O)C=c2[nH]c(=O)c(=Cc3ccc(Cl)cc3)s2)cc1. The minimum atomic E-state index is -0.228. The molecule has 3 rings (SSSR count). The second-order valence-corrected chi connectivity index (χ2v) is 6.74. The maximum absolute atomic E-state index is 12.3. The molecule has 0 amide bonds. The van der Waals surface area contributed by atoms with Crippen molar-refractivity contribution in [2.24, 2.45) is 0 Å². The molecule has 0 atom stereocenters. The van der Waals surface area contributed by atoms with E-state index in [-0.39, 0.29) is 11.3 Å². The second kappa shape index (κ2) is 7.51. The monoisotopic (exact) mass is 371 g/mol. The van der Waals surface area contributed by atoms with Crippen LogP contribution in [-0.4, -0.2) is 17.9 Å². The largest absolute Gasteiger partial charge is 0.497 e. The van der Waals surface area contributed by atoms with Gasteiger partial charge in [0, 0.05) is 16.7 Å². The average molecular weight is 372 g/mol. The molecule has 0 fully saturated rings. The Kier molecular flexibility index (Phi) is 5.16. The lowest BCUT2D eigenvalue weighted by Gasteiger charge is -1.99. The van der Waals surface area contributed by atoms with Gasteiger partial charge in [0.15, 0.2) is 5.78 Å². The number of Topliss-reactive ketones (excluding diaryl/α,β-unsaturated/α-hetero) is 1. The molecule has 2 aromatic carbocycles. The molecule has 3 aromatic rings. The number of methoxy groups -OCH3 is 1. The van der Waals surface area contributed by atoms with Crippen LogP contribution in [0.3, 0.4) is 0 Å². The lowest BCUT2D eigenvalue weighted by molar-refractivity contribution is 0.106. The summed E-state index contributed by atoms with van der Waals surface area (Å²) in [7, 11) is 1.57. The number of rotatable bonds is 4. The Morgan fingerprint density at radius 3 is 2.44 bits per heavy atom. The van der Waals surface area contributed by atoms with Gasteiger partial charge in [-0.15, -0.1) is 11.3 Å². The highest BCUT2D eigenvalue weighted by atomic mass is 35.5. The van der Waals surface area contributed by atoms with Gasteiger partial charge in [0.05, 0.1) is 16.3 Å². The Morgan fingerprint density at radius 1 is 1.12 bits per heavy atom. The fourth-order valence-electron chi connectivity index (χ4n) is 2.19. The van der Waals surface area contributed by atoms with Crippen molar-refractivity contribution in [3.05, 3.63) is 84.2 Å². The summed E-state index contributed by atoms with van der Waals surface area (Å²) in [6.45, 7) is 0. The summed E-state index contributed by atoms with van der Waals surface area (Å²) in [5, 5.41) is 0.636. The quantitative estimate of drug-likeness (QED) is 0.717. The fourth-order valence-corrected chi connectivity index (χ4v) is 3.20. The number of carbonyl (C=O) groups excluding carboxylic acids is 1. The van der Waals surface area contributed by atoms with Gasteiger partial charge < -0.3 is 9.72 Å². The molecule has 0 aliphatic carbocycles.